The minimum atomic E-state index is 0.0715. The van der Waals surface area contributed by atoms with Crippen molar-refractivity contribution in [3.8, 4) is 11.4 Å². The lowest BCUT2D eigenvalue weighted by atomic mass is 10.1. The van der Waals surface area contributed by atoms with Crippen LogP contribution in [-0.2, 0) is 11.3 Å². The van der Waals surface area contributed by atoms with Gasteiger partial charge in [-0.25, -0.2) is 0 Å². The van der Waals surface area contributed by atoms with Crippen LogP contribution in [0, 0.1) is 6.92 Å². The minimum Gasteiger partial charge on any atom is -0.469 e. The number of nitrogens with zero attached hydrogens (tertiary/aromatic N) is 3. The van der Waals surface area contributed by atoms with E-state index in [1.165, 1.54) is 37.4 Å². The van der Waals surface area contributed by atoms with E-state index in [0.717, 1.165) is 40.7 Å². The van der Waals surface area contributed by atoms with Gasteiger partial charge in [-0.15, -0.1) is 10.2 Å². The molecule has 2 aromatic heterocycles. The maximum atomic E-state index is 12.6. The first-order valence-corrected chi connectivity index (χ1v) is 11.6. The molecule has 3 aromatic rings. The summed E-state index contributed by atoms with van der Waals surface area (Å²) in [5.41, 5.74) is 2.08. The largest absolute Gasteiger partial charge is 0.469 e. The lowest BCUT2D eigenvalue weighted by Crippen LogP contribution is -2.35. The topological polar surface area (TPSA) is 72.9 Å². The van der Waals surface area contributed by atoms with Crippen molar-refractivity contribution in [2.24, 2.45) is 0 Å². The Labute approximate surface area is 181 Å². The van der Waals surface area contributed by atoms with Gasteiger partial charge in [-0.2, -0.15) is 0 Å². The van der Waals surface area contributed by atoms with Gasteiger partial charge in [-0.3, -0.25) is 9.36 Å². The summed E-state index contributed by atoms with van der Waals surface area (Å²) in [6, 6.07) is 12.4. The van der Waals surface area contributed by atoms with E-state index >= 15 is 0 Å². The number of benzene rings is 1. The van der Waals surface area contributed by atoms with Crippen molar-refractivity contribution < 1.29 is 9.21 Å². The average molecular weight is 425 g/mol. The molecule has 0 aliphatic heterocycles. The van der Waals surface area contributed by atoms with Crippen molar-refractivity contribution in [2.75, 3.05) is 5.75 Å². The van der Waals surface area contributed by atoms with Crippen molar-refractivity contribution in [3.63, 3.8) is 0 Å². The lowest BCUT2D eigenvalue weighted by Gasteiger charge is -2.16. The Bertz CT molecular complexity index is 959. The van der Waals surface area contributed by atoms with Gasteiger partial charge < -0.3 is 9.73 Å². The molecule has 1 fully saturated rings. The maximum absolute atomic E-state index is 12.6. The van der Waals surface area contributed by atoms with Crippen LogP contribution in [0.4, 0.5) is 0 Å². The minimum absolute atomic E-state index is 0.0715. The highest BCUT2D eigenvalue weighted by molar-refractivity contribution is 7.99. The molecule has 0 atom stereocenters. The van der Waals surface area contributed by atoms with Crippen LogP contribution < -0.4 is 5.32 Å². The first-order chi connectivity index (χ1) is 14.7. The zero-order valence-corrected chi connectivity index (χ0v) is 18.2. The molecule has 1 aromatic carbocycles. The van der Waals surface area contributed by atoms with Gasteiger partial charge in [0.05, 0.1) is 24.1 Å². The van der Waals surface area contributed by atoms with Crippen LogP contribution in [0.5, 0.6) is 0 Å². The van der Waals surface area contributed by atoms with Crippen molar-refractivity contribution in [1.82, 2.24) is 20.1 Å². The first-order valence-electron chi connectivity index (χ1n) is 10.6. The predicted molar refractivity (Wildman–Crippen MR) is 118 cm³/mol. The highest BCUT2D eigenvalue weighted by Gasteiger charge is 2.20. The SMILES string of the molecule is Cc1occc1-c1nnc(SCC(=O)NC2CCCCCC2)n1Cc1ccccc1. The molecular formula is C23H28N4O2S. The van der Waals surface area contributed by atoms with Gasteiger partial charge in [0.25, 0.3) is 0 Å². The summed E-state index contributed by atoms with van der Waals surface area (Å²) in [5.74, 6) is 1.98. The van der Waals surface area contributed by atoms with E-state index in [4.69, 9.17) is 4.42 Å². The average Bonchev–Trinajstić information content (AvgIpc) is 3.25. The summed E-state index contributed by atoms with van der Waals surface area (Å²) in [7, 11) is 0. The van der Waals surface area contributed by atoms with Crippen molar-refractivity contribution in [1.29, 1.82) is 0 Å². The van der Waals surface area contributed by atoms with Crippen LogP contribution >= 0.6 is 11.8 Å². The second-order valence-corrected chi connectivity index (χ2v) is 8.76. The lowest BCUT2D eigenvalue weighted by molar-refractivity contribution is -0.119. The Morgan fingerprint density at radius 2 is 1.90 bits per heavy atom. The third-order valence-corrected chi connectivity index (χ3v) is 6.52. The molecule has 4 rings (SSSR count). The highest BCUT2D eigenvalue weighted by atomic mass is 32.2. The zero-order valence-electron chi connectivity index (χ0n) is 17.3. The number of furan rings is 1. The molecule has 1 amide bonds. The van der Waals surface area contributed by atoms with Gasteiger partial charge in [0.1, 0.15) is 5.76 Å². The Morgan fingerprint density at radius 1 is 1.13 bits per heavy atom. The molecule has 30 heavy (non-hydrogen) atoms. The normalized spacial score (nSPS) is 15.1. The monoisotopic (exact) mass is 424 g/mol. The Hall–Kier alpha value is -2.54. The molecule has 1 aliphatic carbocycles. The fraction of sp³-hybridized carbons (Fsp3) is 0.435. The number of hydrogen-bond donors (Lipinski definition) is 1. The Morgan fingerprint density at radius 3 is 2.60 bits per heavy atom. The van der Waals surface area contributed by atoms with E-state index in [0.29, 0.717) is 18.3 Å². The van der Waals surface area contributed by atoms with Crippen LogP contribution in [0.3, 0.4) is 0 Å². The second-order valence-electron chi connectivity index (χ2n) is 7.81. The number of thioether (sulfide) groups is 1. The van der Waals surface area contributed by atoms with Crippen LogP contribution in [0.1, 0.15) is 49.8 Å². The summed E-state index contributed by atoms with van der Waals surface area (Å²) >= 11 is 1.44. The van der Waals surface area contributed by atoms with Gasteiger partial charge in [-0.05, 0) is 31.4 Å². The summed E-state index contributed by atoms with van der Waals surface area (Å²) < 4.78 is 7.54. The van der Waals surface area contributed by atoms with Gasteiger partial charge >= 0.3 is 0 Å². The molecule has 1 aliphatic rings. The molecule has 6 nitrogen and oxygen atoms in total. The van der Waals surface area contributed by atoms with E-state index in [1.807, 2.05) is 31.2 Å². The number of amides is 1. The number of nitrogens with one attached hydrogen (secondary N) is 1. The fourth-order valence-electron chi connectivity index (χ4n) is 3.94. The summed E-state index contributed by atoms with van der Waals surface area (Å²) in [6.07, 6.45) is 8.81. The second kappa shape index (κ2) is 9.98. The number of aromatic nitrogens is 3. The van der Waals surface area contributed by atoms with Gasteiger partial charge in [-0.1, -0.05) is 67.8 Å². The highest BCUT2D eigenvalue weighted by Crippen LogP contribution is 2.28. The van der Waals surface area contributed by atoms with Gasteiger partial charge in [0.2, 0.25) is 5.91 Å². The van der Waals surface area contributed by atoms with Crippen molar-refractivity contribution in [2.45, 2.75) is 63.2 Å². The summed E-state index contributed by atoms with van der Waals surface area (Å²) in [5, 5.41) is 12.8. The molecule has 1 N–H and O–H groups in total. The van der Waals surface area contributed by atoms with E-state index in [1.54, 1.807) is 6.26 Å². The van der Waals surface area contributed by atoms with Crippen LogP contribution in [0.25, 0.3) is 11.4 Å². The third kappa shape index (κ3) is 5.14. The van der Waals surface area contributed by atoms with E-state index < -0.39 is 0 Å². The molecular weight excluding hydrogens is 396 g/mol. The standard InChI is InChI=1S/C23H28N4O2S/c1-17-20(13-14-29-17)22-25-26-23(27(22)15-18-9-5-4-6-10-18)30-16-21(28)24-19-11-7-2-3-8-12-19/h4-6,9-10,13-14,19H,2-3,7-8,11-12,15-16H2,1H3,(H,24,28). The van der Waals surface area contributed by atoms with Crippen LogP contribution in [0.2, 0.25) is 0 Å². The van der Waals surface area contributed by atoms with Crippen LogP contribution in [0.15, 0.2) is 52.2 Å². The first kappa shape index (κ1) is 20.7. The third-order valence-electron chi connectivity index (χ3n) is 5.55. The molecule has 158 valence electrons. The zero-order chi connectivity index (χ0) is 20.8. The number of aryl methyl sites for hydroxylation is 1. The molecule has 0 radical (unpaired) electrons. The van der Waals surface area contributed by atoms with Gasteiger partial charge in [0.15, 0.2) is 11.0 Å². The molecule has 7 heteroatoms. The van der Waals surface area contributed by atoms with Crippen LogP contribution in [-0.4, -0.2) is 32.5 Å². The van der Waals surface area contributed by atoms with E-state index in [-0.39, 0.29) is 5.91 Å². The molecule has 1 saturated carbocycles. The number of carbonyl (C=O) groups excluding carboxylic acids is 1. The number of carbonyl (C=O) groups is 1. The van der Waals surface area contributed by atoms with Gasteiger partial charge in [0, 0.05) is 6.04 Å². The molecule has 0 unspecified atom stereocenters. The number of hydrogen-bond acceptors (Lipinski definition) is 5. The predicted octanol–water partition coefficient (Wildman–Crippen LogP) is 4.83. The van der Waals surface area contributed by atoms with Crippen molar-refractivity contribution >= 4 is 17.7 Å². The quantitative estimate of drug-likeness (QED) is 0.435. The summed E-state index contributed by atoms with van der Waals surface area (Å²) in [6.45, 7) is 2.56. The molecule has 2 heterocycles. The number of rotatable bonds is 7. The molecule has 0 bridgehead atoms. The Kier molecular flexibility index (Phi) is 6.89. The van der Waals surface area contributed by atoms with E-state index in [2.05, 4.69) is 32.2 Å². The smallest absolute Gasteiger partial charge is 0.230 e. The summed E-state index contributed by atoms with van der Waals surface area (Å²) in [4.78, 5) is 12.6. The maximum Gasteiger partial charge on any atom is 0.230 e. The van der Waals surface area contributed by atoms with Crippen molar-refractivity contribution in [3.05, 3.63) is 54.0 Å². The molecule has 0 saturated heterocycles. The molecule has 0 spiro atoms. The Balaban J connectivity index is 1.49. The fourth-order valence-corrected chi connectivity index (χ4v) is 4.69. The van der Waals surface area contributed by atoms with E-state index in [9.17, 15) is 4.79 Å².